The molecule has 0 aliphatic carbocycles. The second-order valence-electron chi connectivity index (χ2n) is 7.10. The van der Waals surface area contributed by atoms with Gasteiger partial charge in [0.1, 0.15) is 12.1 Å². The quantitative estimate of drug-likeness (QED) is 0.560. The molecule has 1 saturated heterocycles. The smallest absolute Gasteiger partial charge is 0.325 e. The first-order valence-electron chi connectivity index (χ1n) is 9.23. The van der Waals surface area contributed by atoms with Crippen molar-refractivity contribution >= 4 is 45.4 Å². The first-order chi connectivity index (χ1) is 14.2. The number of imide groups is 1. The van der Waals surface area contributed by atoms with Gasteiger partial charge in [-0.3, -0.25) is 19.3 Å². The van der Waals surface area contributed by atoms with Crippen LogP contribution in [0.1, 0.15) is 18.1 Å². The Morgan fingerprint density at radius 3 is 2.47 bits per heavy atom. The normalized spacial score (nSPS) is 18.2. The van der Waals surface area contributed by atoms with E-state index in [0.717, 1.165) is 14.9 Å². The molecule has 5 amide bonds. The van der Waals surface area contributed by atoms with Crippen LogP contribution < -0.4 is 16.0 Å². The van der Waals surface area contributed by atoms with Gasteiger partial charge in [-0.15, -0.1) is 0 Å². The Morgan fingerprint density at radius 2 is 1.80 bits per heavy atom. The molecule has 0 radical (unpaired) electrons. The van der Waals surface area contributed by atoms with Gasteiger partial charge in [-0.05, 0) is 43.2 Å². The maximum Gasteiger partial charge on any atom is 0.325 e. The van der Waals surface area contributed by atoms with Gasteiger partial charge in [-0.25, -0.2) is 4.79 Å². The molecule has 30 heavy (non-hydrogen) atoms. The van der Waals surface area contributed by atoms with Crippen molar-refractivity contribution in [3.05, 3.63) is 64.1 Å². The number of rotatable bonds is 6. The summed E-state index contributed by atoms with van der Waals surface area (Å²) in [5.74, 6) is -1.55. The zero-order valence-corrected chi connectivity index (χ0v) is 18.1. The van der Waals surface area contributed by atoms with Crippen LogP contribution in [-0.4, -0.2) is 41.7 Å². The molecule has 1 aliphatic rings. The Bertz CT molecular complexity index is 1010. The van der Waals surface area contributed by atoms with E-state index in [-0.39, 0.29) is 6.54 Å². The highest BCUT2D eigenvalue weighted by molar-refractivity contribution is 9.10. The van der Waals surface area contributed by atoms with Crippen LogP contribution >= 0.6 is 15.9 Å². The third kappa shape index (κ3) is 4.51. The van der Waals surface area contributed by atoms with Gasteiger partial charge in [0.2, 0.25) is 11.8 Å². The van der Waals surface area contributed by atoms with Gasteiger partial charge in [0.25, 0.3) is 5.91 Å². The van der Waals surface area contributed by atoms with Crippen LogP contribution in [0.15, 0.2) is 53.0 Å². The highest BCUT2D eigenvalue weighted by Crippen LogP contribution is 2.28. The number of aryl methyl sites for hydroxylation is 1. The standard InChI is InChI=1S/C21H21BrN4O4/c1-13-10-15(22)8-9-16(13)24-17(27)11-23-18(28)12-26-19(29)21(2,25-20(26)30)14-6-4-3-5-7-14/h3-10H,11-12H2,1-2H3,(H,23,28)(H,24,27)(H,25,30)/t21-/m0/s1. The number of halogens is 1. The number of amides is 5. The molecule has 1 heterocycles. The van der Waals surface area contributed by atoms with Crippen molar-refractivity contribution in [1.82, 2.24) is 15.5 Å². The van der Waals surface area contributed by atoms with E-state index in [1.807, 2.05) is 13.0 Å². The van der Waals surface area contributed by atoms with E-state index in [1.165, 1.54) is 0 Å². The molecular formula is C21H21BrN4O4. The lowest BCUT2D eigenvalue weighted by molar-refractivity contribution is -0.135. The topological polar surface area (TPSA) is 108 Å². The molecule has 2 aromatic carbocycles. The molecule has 1 atom stereocenters. The van der Waals surface area contributed by atoms with E-state index in [9.17, 15) is 19.2 Å². The predicted octanol–water partition coefficient (Wildman–Crippen LogP) is 2.28. The summed E-state index contributed by atoms with van der Waals surface area (Å²) in [5.41, 5.74) is 0.874. The number of nitrogens with zero attached hydrogens (tertiary/aromatic N) is 1. The summed E-state index contributed by atoms with van der Waals surface area (Å²) in [6.45, 7) is 2.68. The van der Waals surface area contributed by atoms with Crippen LogP contribution in [-0.2, 0) is 19.9 Å². The zero-order chi connectivity index (χ0) is 21.9. The molecule has 9 heteroatoms. The fourth-order valence-corrected chi connectivity index (χ4v) is 3.62. The minimum absolute atomic E-state index is 0.284. The molecule has 0 spiro atoms. The van der Waals surface area contributed by atoms with Gasteiger partial charge < -0.3 is 16.0 Å². The zero-order valence-electron chi connectivity index (χ0n) is 16.5. The van der Waals surface area contributed by atoms with Gasteiger partial charge in [0.05, 0.1) is 6.54 Å². The fraction of sp³-hybridized carbons (Fsp3) is 0.238. The van der Waals surface area contributed by atoms with E-state index in [0.29, 0.717) is 11.3 Å². The number of hydrogen-bond donors (Lipinski definition) is 3. The molecule has 1 aliphatic heterocycles. The maximum atomic E-state index is 12.8. The lowest BCUT2D eigenvalue weighted by Crippen LogP contribution is -2.44. The summed E-state index contributed by atoms with van der Waals surface area (Å²) >= 11 is 3.35. The number of anilines is 1. The summed E-state index contributed by atoms with van der Waals surface area (Å²) in [7, 11) is 0. The Hall–Kier alpha value is -3.20. The minimum Gasteiger partial charge on any atom is -0.345 e. The van der Waals surface area contributed by atoms with Crippen molar-refractivity contribution in [2.24, 2.45) is 0 Å². The number of carbonyl (C=O) groups excluding carboxylic acids is 4. The second kappa shape index (κ2) is 8.66. The maximum absolute atomic E-state index is 12.8. The van der Waals surface area contributed by atoms with Crippen LogP contribution in [0.3, 0.4) is 0 Å². The van der Waals surface area contributed by atoms with E-state index >= 15 is 0 Å². The molecule has 0 unspecified atom stereocenters. The van der Waals surface area contributed by atoms with Crippen molar-refractivity contribution in [2.75, 3.05) is 18.4 Å². The number of nitrogens with one attached hydrogen (secondary N) is 3. The summed E-state index contributed by atoms with van der Waals surface area (Å²) in [6.07, 6.45) is 0. The second-order valence-corrected chi connectivity index (χ2v) is 8.01. The Balaban J connectivity index is 1.56. The first kappa shape index (κ1) is 21.5. The monoisotopic (exact) mass is 472 g/mol. The SMILES string of the molecule is Cc1cc(Br)ccc1NC(=O)CNC(=O)CN1C(=O)N[C@@](C)(c2ccccc2)C1=O. The van der Waals surface area contributed by atoms with Crippen LogP contribution in [0.25, 0.3) is 0 Å². The molecule has 0 bridgehead atoms. The number of urea groups is 1. The third-order valence-electron chi connectivity index (χ3n) is 4.84. The molecule has 2 aromatic rings. The van der Waals surface area contributed by atoms with E-state index < -0.39 is 35.8 Å². The lowest BCUT2D eigenvalue weighted by Gasteiger charge is -2.22. The third-order valence-corrected chi connectivity index (χ3v) is 5.33. The van der Waals surface area contributed by atoms with Crippen molar-refractivity contribution in [3.63, 3.8) is 0 Å². The average Bonchev–Trinajstić information content (AvgIpc) is 2.93. The summed E-state index contributed by atoms with van der Waals surface area (Å²) in [4.78, 5) is 50.3. The molecule has 8 nitrogen and oxygen atoms in total. The van der Waals surface area contributed by atoms with Crippen molar-refractivity contribution in [2.45, 2.75) is 19.4 Å². The molecular weight excluding hydrogens is 452 g/mol. The molecule has 0 saturated carbocycles. The van der Waals surface area contributed by atoms with E-state index in [1.54, 1.807) is 49.4 Å². The Labute approximate surface area is 182 Å². The molecule has 3 N–H and O–H groups in total. The highest BCUT2D eigenvalue weighted by Gasteiger charge is 2.49. The largest absolute Gasteiger partial charge is 0.345 e. The van der Waals surface area contributed by atoms with E-state index in [4.69, 9.17) is 0 Å². The number of carbonyl (C=O) groups is 4. The van der Waals surface area contributed by atoms with Crippen molar-refractivity contribution in [3.8, 4) is 0 Å². The van der Waals surface area contributed by atoms with Gasteiger partial charge in [-0.1, -0.05) is 46.3 Å². The summed E-state index contributed by atoms with van der Waals surface area (Å²) in [6, 6.07) is 13.5. The van der Waals surface area contributed by atoms with Crippen LogP contribution in [0.5, 0.6) is 0 Å². The van der Waals surface area contributed by atoms with E-state index in [2.05, 4.69) is 31.9 Å². The average molecular weight is 473 g/mol. The summed E-state index contributed by atoms with van der Waals surface area (Å²) < 4.78 is 0.891. The molecule has 0 aromatic heterocycles. The van der Waals surface area contributed by atoms with Gasteiger partial charge in [-0.2, -0.15) is 0 Å². The van der Waals surface area contributed by atoms with Crippen molar-refractivity contribution < 1.29 is 19.2 Å². The fourth-order valence-electron chi connectivity index (χ4n) is 3.15. The molecule has 1 fully saturated rings. The van der Waals surface area contributed by atoms with Crippen LogP contribution in [0.2, 0.25) is 0 Å². The van der Waals surface area contributed by atoms with Crippen LogP contribution in [0.4, 0.5) is 10.5 Å². The molecule has 3 rings (SSSR count). The Kier molecular flexibility index (Phi) is 6.21. The molecule has 156 valence electrons. The van der Waals surface area contributed by atoms with Gasteiger partial charge in [0.15, 0.2) is 0 Å². The minimum atomic E-state index is -1.24. The van der Waals surface area contributed by atoms with Gasteiger partial charge >= 0.3 is 6.03 Å². The predicted molar refractivity (Wildman–Crippen MR) is 115 cm³/mol. The lowest BCUT2D eigenvalue weighted by atomic mass is 9.92. The highest BCUT2D eigenvalue weighted by atomic mass is 79.9. The number of benzene rings is 2. The van der Waals surface area contributed by atoms with Crippen LogP contribution in [0, 0.1) is 6.92 Å². The number of hydrogen-bond acceptors (Lipinski definition) is 4. The van der Waals surface area contributed by atoms with Crippen molar-refractivity contribution in [1.29, 1.82) is 0 Å². The Morgan fingerprint density at radius 1 is 1.10 bits per heavy atom. The summed E-state index contributed by atoms with van der Waals surface area (Å²) in [5, 5.41) is 7.77. The van der Waals surface area contributed by atoms with Gasteiger partial charge in [0, 0.05) is 10.2 Å². The first-order valence-corrected chi connectivity index (χ1v) is 10.0.